The number of anilines is 1. The van der Waals surface area contributed by atoms with E-state index in [1.54, 1.807) is 24.3 Å². The number of benzene rings is 2. The van der Waals surface area contributed by atoms with E-state index in [0.29, 0.717) is 34.0 Å². The van der Waals surface area contributed by atoms with Crippen molar-refractivity contribution in [3.05, 3.63) is 46.7 Å². The van der Waals surface area contributed by atoms with E-state index >= 15 is 0 Å². The molecule has 0 heterocycles. The summed E-state index contributed by atoms with van der Waals surface area (Å²) in [6.07, 6.45) is 0. The molecule has 0 aliphatic carbocycles. The van der Waals surface area contributed by atoms with E-state index in [1.165, 1.54) is 12.1 Å². The summed E-state index contributed by atoms with van der Waals surface area (Å²) < 4.78 is 24.8. The smallest absolute Gasteiger partial charge is 0.154 e. The monoisotopic (exact) mass is 325 g/mol. The summed E-state index contributed by atoms with van der Waals surface area (Å²) in [6.45, 7) is 2.38. The van der Waals surface area contributed by atoms with Gasteiger partial charge in [0.15, 0.2) is 5.75 Å². The number of rotatable bonds is 4. The summed E-state index contributed by atoms with van der Waals surface area (Å²) in [5, 5.41) is 0. The Labute approximate surface area is 119 Å². The Morgan fingerprint density at radius 3 is 2.63 bits per heavy atom. The summed E-state index contributed by atoms with van der Waals surface area (Å²) in [5.41, 5.74) is 6.34. The zero-order chi connectivity index (χ0) is 13.8. The van der Waals surface area contributed by atoms with Crippen molar-refractivity contribution in [2.45, 2.75) is 6.92 Å². The van der Waals surface area contributed by atoms with Crippen LogP contribution in [-0.2, 0) is 0 Å². The molecule has 2 aromatic rings. The van der Waals surface area contributed by atoms with Crippen molar-refractivity contribution in [3.63, 3.8) is 0 Å². The Bertz CT molecular complexity index is 590. The zero-order valence-corrected chi connectivity index (χ0v) is 11.9. The molecule has 3 nitrogen and oxygen atoms in total. The molecule has 0 aromatic heterocycles. The first-order chi connectivity index (χ1) is 9.11. The topological polar surface area (TPSA) is 44.5 Å². The molecule has 0 aliphatic rings. The highest BCUT2D eigenvalue weighted by molar-refractivity contribution is 9.10. The van der Waals surface area contributed by atoms with Crippen LogP contribution in [0.4, 0.5) is 10.1 Å². The number of hydrogen-bond acceptors (Lipinski definition) is 3. The van der Waals surface area contributed by atoms with E-state index in [9.17, 15) is 4.39 Å². The van der Waals surface area contributed by atoms with Crippen molar-refractivity contribution in [2.75, 3.05) is 12.3 Å². The number of halogens is 2. The predicted octanol–water partition coefficient (Wildman–Crippen LogP) is 4.36. The van der Waals surface area contributed by atoms with Gasteiger partial charge >= 0.3 is 0 Å². The van der Waals surface area contributed by atoms with Crippen molar-refractivity contribution in [2.24, 2.45) is 0 Å². The summed E-state index contributed by atoms with van der Waals surface area (Å²) >= 11 is 3.30. The second-order valence-corrected chi connectivity index (χ2v) is 4.63. The average Bonchev–Trinajstić information content (AvgIpc) is 2.39. The molecule has 0 amide bonds. The Balaban J connectivity index is 2.33. The minimum absolute atomic E-state index is 0.361. The lowest BCUT2D eigenvalue weighted by molar-refractivity contribution is 0.340. The molecule has 0 unspecified atom stereocenters. The number of nitrogens with two attached hydrogens (primary N) is 1. The molecule has 0 fully saturated rings. The third kappa shape index (κ3) is 3.17. The first kappa shape index (κ1) is 13.7. The van der Waals surface area contributed by atoms with Gasteiger partial charge < -0.3 is 15.2 Å². The molecule has 5 heteroatoms. The van der Waals surface area contributed by atoms with Crippen LogP contribution in [0.25, 0.3) is 0 Å². The number of ether oxygens (including phenoxy) is 2. The maximum absolute atomic E-state index is 13.2. The van der Waals surface area contributed by atoms with Crippen LogP contribution in [0, 0.1) is 5.82 Å². The third-order valence-electron chi connectivity index (χ3n) is 2.44. The molecule has 100 valence electrons. The molecule has 2 N–H and O–H groups in total. The van der Waals surface area contributed by atoms with E-state index in [0.717, 1.165) is 0 Å². The maximum atomic E-state index is 13.2. The number of para-hydroxylation sites is 1. The van der Waals surface area contributed by atoms with Gasteiger partial charge in [-0.3, -0.25) is 0 Å². The van der Waals surface area contributed by atoms with Crippen LogP contribution < -0.4 is 15.2 Å². The lowest BCUT2D eigenvalue weighted by Gasteiger charge is -2.13. The molecular weight excluding hydrogens is 313 g/mol. The molecule has 19 heavy (non-hydrogen) atoms. The minimum Gasteiger partial charge on any atom is -0.492 e. The predicted molar refractivity (Wildman–Crippen MR) is 76.2 cm³/mol. The minimum atomic E-state index is -0.377. The Kier molecular flexibility index (Phi) is 4.27. The van der Waals surface area contributed by atoms with E-state index in [1.807, 2.05) is 6.92 Å². The van der Waals surface area contributed by atoms with Gasteiger partial charge in [-0.2, -0.15) is 0 Å². The molecular formula is C14H13BrFNO2. The molecule has 2 rings (SSSR count). The van der Waals surface area contributed by atoms with Gasteiger partial charge in [0.25, 0.3) is 0 Å². The fourth-order valence-corrected chi connectivity index (χ4v) is 1.90. The fraction of sp³-hybridized carbons (Fsp3) is 0.143. The van der Waals surface area contributed by atoms with Gasteiger partial charge in [0, 0.05) is 6.07 Å². The van der Waals surface area contributed by atoms with Crippen molar-refractivity contribution in [3.8, 4) is 17.2 Å². The normalized spacial score (nSPS) is 10.3. The molecule has 0 bridgehead atoms. The van der Waals surface area contributed by atoms with Crippen LogP contribution in [0.2, 0.25) is 0 Å². The van der Waals surface area contributed by atoms with Crippen LogP contribution >= 0.6 is 15.9 Å². The standard InChI is InChI=1S/C14H13BrFNO2/c1-2-18-11-4-3-5-12(14(11)17)19-13-8-9(16)6-7-10(13)15/h3-8H,2,17H2,1H3. The summed E-state index contributed by atoms with van der Waals surface area (Å²) in [6, 6.07) is 9.44. The van der Waals surface area contributed by atoms with E-state index in [2.05, 4.69) is 15.9 Å². The highest BCUT2D eigenvalue weighted by Gasteiger charge is 2.10. The SMILES string of the molecule is CCOc1cccc(Oc2cc(F)ccc2Br)c1N. The van der Waals surface area contributed by atoms with Gasteiger partial charge in [-0.15, -0.1) is 0 Å². The number of hydrogen-bond donors (Lipinski definition) is 1. The van der Waals surface area contributed by atoms with Crippen LogP contribution in [-0.4, -0.2) is 6.61 Å². The number of nitrogen functional groups attached to an aromatic ring is 1. The van der Waals surface area contributed by atoms with Crippen molar-refractivity contribution < 1.29 is 13.9 Å². The lowest BCUT2D eigenvalue weighted by atomic mass is 10.2. The molecule has 0 radical (unpaired) electrons. The van der Waals surface area contributed by atoms with Crippen molar-refractivity contribution in [1.29, 1.82) is 0 Å². The van der Waals surface area contributed by atoms with Crippen LogP contribution in [0.5, 0.6) is 17.2 Å². The largest absolute Gasteiger partial charge is 0.492 e. The quantitative estimate of drug-likeness (QED) is 0.849. The van der Waals surface area contributed by atoms with E-state index in [-0.39, 0.29) is 5.82 Å². The second-order valence-electron chi connectivity index (χ2n) is 3.78. The Morgan fingerprint density at radius 1 is 1.16 bits per heavy atom. The summed E-state index contributed by atoms with van der Waals surface area (Å²) in [7, 11) is 0. The molecule has 0 saturated heterocycles. The van der Waals surface area contributed by atoms with Crippen LogP contribution in [0.15, 0.2) is 40.9 Å². The molecule has 0 aliphatic heterocycles. The van der Waals surface area contributed by atoms with Gasteiger partial charge in [-0.25, -0.2) is 4.39 Å². The van der Waals surface area contributed by atoms with Crippen molar-refractivity contribution in [1.82, 2.24) is 0 Å². The van der Waals surface area contributed by atoms with Gasteiger partial charge in [0.1, 0.15) is 23.0 Å². The molecule has 0 spiro atoms. The highest BCUT2D eigenvalue weighted by atomic mass is 79.9. The van der Waals surface area contributed by atoms with Gasteiger partial charge in [0.05, 0.1) is 11.1 Å². The third-order valence-corrected chi connectivity index (χ3v) is 3.09. The fourth-order valence-electron chi connectivity index (χ4n) is 1.57. The second kappa shape index (κ2) is 5.93. The molecule has 0 saturated carbocycles. The van der Waals surface area contributed by atoms with Crippen molar-refractivity contribution >= 4 is 21.6 Å². The van der Waals surface area contributed by atoms with Gasteiger partial charge in [0.2, 0.25) is 0 Å². The lowest BCUT2D eigenvalue weighted by Crippen LogP contribution is -1.99. The first-order valence-corrected chi connectivity index (χ1v) is 6.55. The molecule has 0 atom stereocenters. The first-order valence-electron chi connectivity index (χ1n) is 5.76. The van der Waals surface area contributed by atoms with Crippen LogP contribution in [0.3, 0.4) is 0 Å². The maximum Gasteiger partial charge on any atom is 0.154 e. The summed E-state index contributed by atoms with van der Waals surface area (Å²) in [5.74, 6) is 0.961. The Hall–Kier alpha value is -1.75. The van der Waals surface area contributed by atoms with Gasteiger partial charge in [-0.1, -0.05) is 6.07 Å². The average molecular weight is 326 g/mol. The molecule has 2 aromatic carbocycles. The Morgan fingerprint density at radius 2 is 1.89 bits per heavy atom. The van der Waals surface area contributed by atoms with E-state index < -0.39 is 0 Å². The highest BCUT2D eigenvalue weighted by Crippen LogP contribution is 2.37. The summed E-state index contributed by atoms with van der Waals surface area (Å²) in [4.78, 5) is 0. The van der Waals surface area contributed by atoms with Gasteiger partial charge in [-0.05, 0) is 47.1 Å². The zero-order valence-electron chi connectivity index (χ0n) is 10.3. The van der Waals surface area contributed by atoms with E-state index in [4.69, 9.17) is 15.2 Å². The van der Waals surface area contributed by atoms with Crippen LogP contribution in [0.1, 0.15) is 6.92 Å².